The van der Waals surface area contributed by atoms with E-state index in [1.54, 1.807) is 13.8 Å². The number of nitrogens with zero attached hydrogens (tertiary/aromatic N) is 3. The van der Waals surface area contributed by atoms with Crippen LogP contribution in [0.1, 0.15) is 38.8 Å². The van der Waals surface area contributed by atoms with E-state index in [9.17, 15) is 27.6 Å². The van der Waals surface area contributed by atoms with Gasteiger partial charge in [0.05, 0.1) is 5.56 Å². The zero-order valence-electron chi connectivity index (χ0n) is 17.6. The number of carbonyl (C=O) groups is 3. The van der Waals surface area contributed by atoms with Crippen molar-refractivity contribution in [2.75, 3.05) is 10.2 Å². The molecule has 1 aliphatic heterocycles. The Labute approximate surface area is 191 Å². The lowest BCUT2D eigenvalue weighted by atomic mass is 10.0. The van der Waals surface area contributed by atoms with Crippen molar-refractivity contribution in [1.29, 1.82) is 0 Å². The Morgan fingerprint density at radius 3 is 2.47 bits per heavy atom. The first-order valence-corrected chi connectivity index (χ1v) is 10.8. The predicted octanol–water partition coefficient (Wildman–Crippen LogP) is 5.16. The summed E-state index contributed by atoms with van der Waals surface area (Å²) in [5.74, 6) is -1.03. The fraction of sp³-hybridized carbons (Fsp3) is 0.400. The van der Waals surface area contributed by atoms with Crippen LogP contribution in [0.25, 0.3) is 0 Å². The van der Waals surface area contributed by atoms with Gasteiger partial charge in [0, 0.05) is 17.8 Å². The maximum atomic E-state index is 13.1. The van der Waals surface area contributed by atoms with E-state index in [1.807, 2.05) is 0 Å². The molecule has 0 unspecified atom stereocenters. The number of anilines is 2. The molecule has 32 heavy (non-hydrogen) atoms. The van der Waals surface area contributed by atoms with Crippen LogP contribution < -0.4 is 10.2 Å². The monoisotopic (exact) mass is 488 g/mol. The van der Waals surface area contributed by atoms with Crippen LogP contribution >= 0.6 is 22.9 Å². The van der Waals surface area contributed by atoms with Crippen molar-refractivity contribution < 1.29 is 27.6 Å². The van der Waals surface area contributed by atoms with Gasteiger partial charge in [-0.1, -0.05) is 25.4 Å². The molecule has 0 radical (unpaired) electrons. The summed E-state index contributed by atoms with van der Waals surface area (Å²) < 4.78 is 38.9. The van der Waals surface area contributed by atoms with Crippen LogP contribution in [0.3, 0.4) is 0 Å². The van der Waals surface area contributed by atoms with Crippen LogP contribution in [0.5, 0.6) is 0 Å². The molecule has 2 aromatic rings. The Hall–Kier alpha value is -2.66. The van der Waals surface area contributed by atoms with Crippen molar-refractivity contribution in [1.82, 2.24) is 9.88 Å². The zero-order chi connectivity index (χ0) is 24.0. The van der Waals surface area contributed by atoms with E-state index in [1.165, 1.54) is 30.9 Å². The van der Waals surface area contributed by atoms with E-state index >= 15 is 0 Å². The molecule has 0 bridgehead atoms. The summed E-state index contributed by atoms with van der Waals surface area (Å²) in [5, 5.41) is 3.44. The molecule has 0 spiro atoms. The molecule has 0 saturated carbocycles. The molecule has 1 N–H and O–H groups in total. The Kier molecular flexibility index (Phi) is 6.27. The molecule has 0 aromatic carbocycles. The Bertz CT molecular complexity index is 1080. The fourth-order valence-corrected chi connectivity index (χ4v) is 4.19. The van der Waals surface area contributed by atoms with Gasteiger partial charge in [0.1, 0.15) is 21.5 Å². The summed E-state index contributed by atoms with van der Waals surface area (Å²) in [5.41, 5.74) is -1.76. The van der Waals surface area contributed by atoms with Crippen LogP contribution in [0.2, 0.25) is 5.15 Å². The van der Waals surface area contributed by atoms with Crippen molar-refractivity contribution in [2.24, 2.45) is 5.92 Å². The van der Waals surface area contributed by atoms with E-state index in [0.717, 1.165) is 16.3 Å². The van der Waals surface area contributed by atoms with Crippen molar-refractivity contribution >= 4 is 51.6 Å². The second kappa shape index (κ2) is 8.36. The van der Waals surface area contributed by atoms with Gasteiger partial charge < -0.3 is 10.2 Å². The molecule has 4 amide bonds. The highest BCUT2D eigenvalue weighted by Gasteiger charge is 2.52. The minimum Gasteiger partial charge on any atom is -0.310 e. The van der Waals surface area contributed by atoms with E-state index in [2.05, 4.69) is 10.3 Å². The number of rotatable bonds is 5. The highest BCUT2D eigenvalue weighted by Crippen LogP contribution is 2.40. The summed E-state index contributed by atoms with van der Waals surface area (Å²) in [6.07, 6.45) is -4.58. The lowest BCUT2D eigenvalue weighted by Crippen LogP contribution is -2.43. The van der Waals surface area contributed by atoms with Crippen LogP contribution in [0, 0.1) is 5.92 Å². The van der Waals surface area contributed by atoms with Gasteiger partial charge in [-0.2, -0.15) is 13.2 Å². The highest BCUT2D eigenvalue weighted by molar-refractivity contribution is 7.14. The van der Waals surface area contributed by atoms with Gasteiger partial charge in [-0.3, -0.25) is 9.59 Å². The number of aromatic nitrogens is 1. The first-order valence-electron chi connectivity index (χ1n) is 9.51. The Morgan fingerprint density at radius 1 is 1.25 bits per heavy atom. The summed E-state index contributed by atoms with van der Waals surface area (Å²) in [4.78, 5) is 44.0. The standard InChI is InChI=1S/C20H20ClF3N4O3S/c1-10(2)16(29)26-14-6-11(5-13(21)25-14)8-27-18(31)28(17(30)19(27,3)4)15-7-12(9-32-15)20(22,23)24/h5-7,9-10H,8H2,1-4H3,(H,25,26,29). The number of hydrogen-bond acceptors (Lipinski definition) is 5. The third-order valence-electron chi connectivity index (χ3n) is 4.93. The van der Waals surface area contributed by atoms with Crippen LogP contribution in [0.4, 0.5) is 28.8 Å². The third-order valence-corrected chi connectivity index (χ3v) is 6.03. The average Bonchev–Trinajstić information content (AvgIpc) is 3.20. The van der Waals surface area contributed by atoms with Gasteiger partial charge in [0.25, 0.3) is 5.91 Å². The molecule has 1 fully saturated rings. The topological polar surface area (TPSA) is 82.6 Å². The second-order valence-corrected chi connectivity index (χ2v) is 9.34. The van der Waals surface area contributed by atoms with Gasteiger partial charge in [0.2, 0.25) is 5.91 Å². The lowest BCUT2D eigenvalue weighted by Gasteiger charge is -2.28. The number of thiophene rings is 1. The number of urea groups is 1. The molecule has 3 rings (SSSR count). The molecule has 172 valence electrons. The summed E-state index contributed by atoms with van der Waals surface area (Å²) in [6, 6.07) is 3.03. The maximum Gasteiger partial charge on any atom is 0.417 e. The normalized spacial score (nSPS) is 16.3. The van der Waals surface area contributed by atoms with Gasteiger partial charge in [-0.25, -0.2) is 14.7 Å². The molecule has 12 heteroatoms. The van der Waals surface area contributed by atoms with Crippen molar-refractivity contribution in [3.05, 3.63) is 39.9 Å². The van der Waals surface area contributed by atoms with Crippen LogP contribution in [0.15, 0.2) is 23.6 Å². The lowest BCUT2D eigenvalue weighted by molar-refractivity contribution is -0.137. The number of alkyl halides is 3. The number of nitrogens with one attached hydrogen (secondary N) is 1. The smallest absolute Gasteiger partial charge is 0.310 e. The quantitative estimate of drug-likeness (QED) is 0.465. The number of carbonyl (C=O) groups excluding carboxylic acids is 3. The molecule has 0 atom stereocenters. The second-order valence-electron chi connectivity index (χ2n) is 8.07. The Balaban J connectivity index is 1.90. The molecule has 1 aliphatic rings. The number of pyridine rings is 1. The van der Waals surface area contributed by atoms with Gasteiger partial charge in [0.15, 0.2) is 0 Å². The summed E-state index contributed by atoms with van der Waals surface area (Å²) in [6.45, 7) is 6.37. The van der Waals surface area contributed by atoms with Crippen molar-refractivity contribution in [3.8, 4) is 0 Å². The van der Waals surface area contributed by atoms with Gasteiger partial charge >= 0.3 is 12.2 Å². The average molecular weight is 489 g/mol. The first kappa shape index (κ1) is 24.0. The molecule has 0 aliphatic carbocycles. The van der Waals surface area contributed by atoms with Gasteiger partial charge in [-0.15, -0.1) is 11.3 Å². The maximum absolute atomic E-state index is 13.1. The molecule has 7 nitrogen and oxygen atoms in total. The van der Waals surface area contributed by atoms with Gasteiger partial charge in [-0.05, 0) is 37.6 Å². The minimum absolute atomic E-state index is 0.0711. The molecule has 3 heterocycles. The SMILES string of the molecule is CC(C)C(=O)Nc1cc(CN2C(=O)N(c3cc(C(F)(F)F)cs3)C(=O)C2(C)C)cc(Cl)n1. The number of hydrogen-bond donors (Lipinski definition) is 1. The van der Waals surface area contributed by atoms with Crippen LogP contribution in [-0.4, -0.2) is 33.3 Å². The van der Waals surface area contributed by atoms with E-state index in [0.29, 0.717) is 16.9 Å². The van der Waals surface area contributed by atoms with Crippen LogP contribution in [-0.2, 0) is 22.3 Å². The number of amides is 4. The molecule has 2 aromatic heterocycles. The number of imide groups is 1. The largest absolute Gasteiger partial charge is 0.417 e. The van der Waals surface area contributed by atoms with Crippen molar-refractivity contribution in [3.63, 3.8) is 0 Å². The summed E-state index contributed by atoms with van der Waals surface area (Å²) >= 11 is 6.72. The third kappa shape index (κ3) is 4.58. The minimum atomic E-state index is -4.58. The molecular weight excluding hydrogens is 469 g/mol. The molecule has 1 saturated heterocycles. The van der Waals surface area contributed by atoms with E-state index in [4.69, 9.17) is 11.6 Å². The first-order chi connectivity index (χ1) is 14.7. The molecular formula is C20H20ClF3N4O3S. The zero-order valence-corrected chi connectivity index (χ0v) is 19.2. The van der Waals surface area contributed by atoms with Crippen molar-refractivity contribution in [2.45, 2.75) is 46.0 Å². The fourth-order valence-electron chi connectivity index (χ4n) is 3.04. The predicted molar refractivity (Wildman–Crippen MR) is 115 cm³/mol. The van der Waals surface area contributed by atoms with E-state index < -0.39 is 29.2 Å². The number of halogens is 4. The summed E-state index contributed by atoms with van der Waals surface area (Å²) in [7, 11) is 0. The highest BCUT2D eigenvalue weighted by atomic mass is 35.5. The van der Waals surface area contributed by atoms with E-state index in [-0.39, 0.29) is 34.3 Å². The Morgan fingerprint density at radius 2 is 1.91 bits per heavy atom.